The van der Waals surface area contributed by atoms with Gasteiger partial charge in [-0.1, -0.05) is 41.9 Å². The first kappa shape index (κ1) is 21.6. The van der Waals surface area contributed by atoms with E-state index in [1.54, 1.807) is 17.8 Å². The first-order chi connectivity index (χ1) is 12.8. The highest BCUT2D eigenvalue weighted by molar-refractivity contribution is 7.98. The molecule has 146 valence electrons. The molecule has 0 fully saturated rings. The molecule has 0 heterocycles. The van der Waals surface area contributed by atoms with Gasteiger partial charge < -0.3 is 10.6 Å². The van der Waals surface area contributed by atoms with Gasteiger partial charge in [0, 0.05) is 37.8 Å². The van der Waals surface area contributed by atoms with Gasteiger partial charge in [-0.3, -0.25) is 0 Å². The van der Waals surface area contributed by atoms with Gasteiger partial charge in [-0.25, -0.2) is 17.5 Å². The molecule has 9 heteroatoms. The highest BCUT2D eigenvalue weighted by atomic mass is 35.5. The maximum atomic E-state index is 12.3. The van der Waals surface area contributed by atoms with Gasteiger partial charge in [-0.2, -0.15) is 11.8 Å². The van der Waals surface area contributed by atoms with Crippen LogP contribution in [0.1, 0.15) is 5.56 Å². The number of anilines is 1. The Kier molecular flexibility index (Phi) is 7.97. The molecular weight excluding hydrogens is 406 g/mol. The van der Waals surface area contributed by atoms with Crippen molar-refractivity contribution in [3.63, 3.8) is 0 Å². The van der Waals surface area contributed by atoms with Crippen LogP contribution in [0.5, 0.6) is 0 Å². The second-order valence-corrected chi connectivity index (χ2v) is 9.48. The molecule has 2 amide bonds. The van der Waals surface area contributed by atoms with Crippen LogP contribution in [0, 0.1) is 0 Å². The average molecular weight is 428 g/mol. The fraction of sp³-hybridized carbons (Fsp3) is 0.278. The number of halogens is 1. The van der Waals surface area contributed by atoms with Crippen molar-refractivity contribution < 1.29 is 13.2 Å². The van der Waals surface area contributed by atoms with E-state index < -0.39 is 16.1 Å². The molecule has 2 aromatic rings. The Hall–Kier alpha value is -1.74. The molecular formula is C18H22ClN3O3S2. The number of hydrogen-bond acceptors (Lipinski definition) is 4. The molecule has 0 radical (unpaired) electrons. The van der Waals surface area contributed by atoms with Crippen molar-refractivity contribution in [2.45, 2.75) is 10.6 Å². The Bertz CT molecular complexity index is 875. The molecule has 0 saturated heterocycles. The van der Waals surface area contributed by atoms with E-state index in [0.29, 0.717) is 12.2 Å². The van der Waals surface area contributed by atoms with Crippen molar-refractivity contribution in [1.82, 2.24) is 9.62 Å². The van der Waals surface area contributed by atoms with Crippen LogP contribution in [0.4, 0.5) is 10.5 Å². The van der Waals surface area contributed by atoms with Gasteiger partial charge in [0.05, 0.1) is 5.02 Å². The van der Waals surface area contributed by atoms with Crippen molar-refractivity contribution in [2.24, 2.45) is 0 Å². The topological polar surface area (TPSA) is 78.5 Å². The third kappa shape index (κ3) is 6.42. The summed E-state index contributed by atoms with van der Waals surface area (Å²) in [5.74, 6) is 1.65. The van der Waals surface area contributed by atoms with Gasteiger partial charge in [0.15, 0.2) is 0 Å². The SMILES string of the molecule is CN(C)S(=O)(=O)c1cc(NC(=O)NCCSCc2ccccc2)ccc1Cl. The molecule has 0 bridgehead atoms. The number of nitrogens with zero attached hydrogens (tertiary/aromatic N) is 1. The Morgan fingerprint density at radius 3 is 2.52 bits per heavy atom. The largest absolute Gasteiger partial charge is 0.337 e. The number of amides is 2. The summed E-state index contributed by atoms with van der Waals surface area (Å²) in [5.41, 5.74) is 1.59. The average Bonchev–Trinajstić information content (AvgIpc) is 2.63. The minimum atomic E-state index is -3.69. The van der Waals surface area contributed by atoms with Gasteiger partial charge in [0.2, 0.25) is 10.0 Å². The number of hydrogen-bond donors (Lipinski definition) is 2. The van der Waals surface area contributed by atoms with Crippen LogP contribution in [0.2, 0.25) is 5.02 Å². The zero-order valence-electron chi connectivity index (χ0n) is 15.1. The Balaban J connectivity index is 1.83. The maximum absolute atomic E-state index is 12.3. The summed E-state index contributed by atoms with van der Waals surface area (Å²) < 4.78 is 25.6. The maximum Gasteiger partial charge on any atom is 0.319 e. The summed E-state index contributed by atoms with van der Waals surface area (Å²) in [5, 5.41) is 5.48. The van der Waals surface area contributed by atoms with Crippen LogP contribution in [-0.2, 0) is 15.8 Å². The molecule has 0 aliphatic rings. The number of nitrogens with one attached hydrogen (secondary N) is 2. The second kappa shape index (κ2) is 9.98. The van der Waals surface area contributed by atoms with E-state index in [0.717, 1.165) is 15.8 Å². The van der Waals surface area contributed by atoms with Crippen LogP contribution in [-0.4, -0.2) is 45.1 Å². The third-order valence-electron chi connectivity index (χ3n) is 3.59. The van der Waals surface area contributed by atoms with E-state index in [1.807, 2.05) is 18.2 Å². The first-order valence-corrected chi connectivity index (χ1v) is 11.2. The number of urea groups is 1. The molecule has 0 unspecified atom stereocenters. The Morgan fingerprint density at radius 2 is 1.85 bits per heavy atom. The summed E-state index contributed by atoms with van der Waals surface area (Å²) in [6.45, 7) is 0.500. The standard InChI is InChI=1S/C18H22ClN3O3S2/c1-22(2)27(24,25)17-12-15(8-9-16(17)19)21-18(23)20-10-11-26-13-14-6-4-3-5-7-14/h3-9,12H,10-11,13H2,1-2H3,(H2,20,21,23). The lowest BCUT2D eigenvalue weighted by Gasteiger charge is -2.14. The minimum absolute atomic E-state index is 0.0506. The molecule has 2 rings (SSSR count). The van der Waals surface area contributed by atoms with Crippen molar-refractivity contribution in [3.05, 3.63) is 59.1 Å². The van der Waals surface area contributed by atoms with Gasteiger partial charge >= 0.3 is 6.03 Å². The first-order valence-electron chi connectivity index (χ1n) is 8.19. The summed E-state index contributed by atoms with van der Waals surface area (Å²) in [6.07, 6.45) is 0. The lowest BCUT2D eigenvalue weighted by atomic mass is 10.2. The minimum Gasteiger partial charge on any atom is -0.337 e. The molecule has 0 aromatic heterocycles. The molecule has 2 N–H and O–H groups in total. The monoisotopic (exact) mass is 427 g/mol. The summed E-state index contributed by atoms with van der Waals surface area (Å²) >= 11 is 7.71. The number of benzene rings is 2. The zero-order chi connectivity index (χ0) is 19.9. The van der Waals surface area contributed by atoms with Crippen LogP contribution in [0.3, 0.4) is 0 Å². The molecule has 0 spiro atoms. The second-order valence-electron chi connectivity index (χ2n) is 5.85. The molecule has 2 aromatic carbocycles. The normalized spacial score (nSPS) is 11.4. The lowest BCUT2D eigenvalue weighted by molar-refractivity contribution is 0.252. The molecule has 6 nitrogen and oxygen atoms in total. The number of rotatable bonds is 8. The zero-order valence-corrected chi connectivity index (χ0v) is 17.5. The number of carbonyl (C=O) groups is 1. The quantitative estimate of drug-likeness (QED) is 0.630. The molecule has 0 aliphatic carbocycles. The Labute approximate surface area is 169 Å². The number of carbonyl (C=O) groups excluding carboxylic acids is 1. The van der Waals surface area contributed by atoms with Crippen molar-refractivity contribution in [3.8, 4) is 0 Å². The van der Waals surface area contributed by atoms with Crippen LogP contribution in [0.25, 0.3) is 0 Å². The van der Waals surface area contributed by atoms with E-state index in [9.17, 15) is 13.2 Å². The molecule has 0 aliphatic heterocycles. The Morgan fingerprint density at radius 1 is 1.15 bits per heavy atom. The van der Waals surface area contributed by atoms with Gasteiger partial charge in [0.1, 0.15) is 4.90 Å². The lowest BCUT2D eigenvalue weighted by Crippen LogP contribution is -2.30. The van der Waals surface area contributed by atoms with E-state index in [1.165, 1.54) is 31.8 Å². The van der Waals surface area contributed by atoms with Crippen LogP contribution in [0.15, 0.2) is 53.4 Å². The third-order valence-corrected chi connectivity index (χ3v) is 6.92. The highest BCUT2D eigenvalue weighted by Crippen LogP contribution is 2.26. The van der Waals surface area contributed by atoms with Crippen molar-refractivity contribution in [1.29, 1.82) is 0 Å². The summed E-state index contributed by atoms with van der Waals surface area (Å²) in [7, 11) is -0.846. The predicted octanol–water partition coefficient (Wildman–Crippen LogP) is 3.65. The fourth-order valence-electron chi connectivity index (χ4n) is 2.15. The van der Waals surface area contributed by atoms with E-state index in [2.05, 4.69) is 22.8 Å². The van der Waals surface area contributed by atoms with Crippen molar-refractivity contribution >= 4 is 45.1 Å². The van der Waals surface area contributed by atoms with Crippen LogP contribution >= 0.6 is 23.4 Å². The highest BCUT2D eigenvalue weighted by Gasteiger charge is 2.21. The molecule has 27 heavy (non-hydrogen) atoms. The van der Waals surface area contributed by atoms with Crippen molar-refractivity contribution in [2.75, 3.05) is 31.7 Å². The number of thioether (sulfide) groups is 1. The summed E-state index contributed by atoms with van der Waals surface area (Å²) in [4.78, 5) is 12.0. The summed E-state index contributed by atoms with van der Waals surface area (Å²) in [6, 6.07) is 14.1. The van der Waals surface area contributed by atoms with Gasteiger partial charge in [-0.05, 0) is 23.8 Å². The molecule has 0 saturated carbocycles. The fourth-order valence-corrected chi connectivity index (χ4v) is 4.36. The van der Waals surface area contributed by atoms with Crippen LogP contribution < -0.4 is 10.6 Å². The van der Waals surface area contributed by atoms with E-state index in [-0.39, 0.29) is 9.92 Å². The van der Waals surface area contributed by atoms with E-state index in [4.69, 9.17) is 11.6 Å². The van der Waals surface area contributed by atoms with Gasteiger partial charge in [-0.15, -0.1) is 0 Å². The van der Waals surface area contributed by atoms with E-state index >= 15 is 0 Å². The smallest absolute Gasteiger partial charge is 0.319 e. The van der Waals surface area contributed by atoms with Gasteiger partial charge in [0.25, 0.3) is 0 Å². The number of sulfonamides is 1. The molecule has 0 atom stereocenters. The predicted molar refractivity (Wildman–Crippen MR) is 112 cm³/mol.